The number of aliphatic carboxylic acids is 1. The van der Waals surface area contributed by atoms with Crippen LogP contribution in [-0.2, 0) is 19.4 Å². The van der Waals surface area contributed by atoms with E-state index < -0.39 is 26.5 Å². The molecule has 114 valence electrons. The van der Waals surface area contributed by atoms with E-state index in [1.807, 2.05) is 0 Å². The van der Waals surface area contributed by atoms with Gasteiger partial charge in [0, 0.05) is 12.8 Å². The van der Waals surface area contributed by atoms with Crippen LogP contribution in [0, 0.1) is 5.92 Å². The highest BCUT2D eigenvalue weighted by atomic mass is 32.2. The van der Waals surface area contributed by atoms with Crippen molar-refractivity contribution in [2.24, 2.45) is 5.92 Å². The van der Waals surface area contributed by atoms with Crippen LogP contribution < -0.4 is 0 Å². The highest BCUT2D eigenvalue weighted by Gasteiger charge is 2.54. The van der Waals surface area contributed by atoms with E-state index in [-0.39, 0.29) is 17.1 Å². The van der Waals surface area contributed by atoms with Crippen LogP contribution in [-0.4, -0.2) is 30.0 Å². The minimum atomic E-state index is -4.07. The minimum absolute atomic E-state index is 0.00879. The number of Topliss-reactive ketones (excluding diaryl/α,β-unsaturated/α-hetero) is 1. The Balaban J connectivity index is 2.52. The van der Waals surface area contributed by atoms with Crippen LogP contribution in [0.25, 0.3) is 0 Å². The largest absolute Gasteiger partial charge is 0.480 e. The van der Waals surface area contributed by atoms with Gasteiger partial charge >= 0.3 is 5.97 Å². The fourth-order valence-electron chi connectivity index (χ4n) is 2.85. The zero-order valence-corrected chi connectivity index (χ0v) is 12.6. The van der Waals surface area contributed by atoms with Gasteiger partial charge in [-0.05, 0) is 37.8 Å². The molecule has 1 fully saturated rings. The van der Waals surface area contributed by atoms with Crippen molar-refractivity contribution in [3.63, 3.8) is 0 Å². The second-order valence-electron chi connectivity index (χ2n) is 5.56. The summed E-state index contributed by atoms with van der Waals surface area (Å²) in [7, 11) is -4.07. The fraction of sp³-hybridized carbons (Fsp3) is 0.467. The summed E-state index contributed by atoms with van der Waals surface area (Å²) in [5.41, 5.74) is 0. The molecule has 5 nitrogen and oxygen atoms in total. The van der Waals surface area contributed by atoms with Gasteiger partial charge in [0.1, 0.15) is 5.78 Å². The standard InChI is InChI=1S/C15H18O5S/c1-15(14(17)18,11-6-5-7-12(16)10-11)21(19,20)13-8-3-2-4-9-13/h2-4,8-9,11H,5-7,10H2,1H3,(H,17,18). The zero-order chi connectivity index (χ0) is 15.7. The lowest BCUT2D eigenvalue weighted by atomic mass is 9.79. The van der Waals surface area contributed by atoms with E-state index in [4.69, 9.17) is 0 Å². The van der Waals surface area contributed by atoms with Gasteiger partial charge in [-0.3, -0.25) is 9.59 Å². The monoisotopic (exact) mass is 310 g/mol. The normalized spacial score (nSPS) is 22.5. The number of rotatable bonds is 4. The molecule has 0 spiro atoms. The van der Waals surface area contributed by atoms with Crippen LogP contribution in [0.3, 0.4) is 0 Å². The van der Waals surface area contributed by atoms with Crippen molar-refractivity contribution >= 4 is 21.6 Å². The van der Waals surface area contributed by atoms with Crippen LogP contribution in [0.5, 0.6) is 0 Å². The van der Waals surface area contributed by atoms with Crippen LogP contribution in [0.1, 0.15) is 32.6 Å². The molecule has 0 aromatic heterocycles. The zero-order valence-electron chi connectivity index (χ0n) is 11.8. The van der Waals surface area contributed by atoms with Crippen molar-refractivity contribution < 1.29 is 23.1 Å². The third-order valence-corrected chi connectivity index (χ3v) is 6.81. The van der Waals surface area contributed by atoms with Gasteiger partial charge in [-0.2, -0.15) is 0 Å². The SMILES string of the molecule is CC(C(=O)O)(C1CCCC(=O)C1)S(=O)(=O)c1ccccc1. The molecule has 1 aliphatic carbocycles. The average Bonchev–Trinajstić information content (AvgIpc) is 2.46. The predicted octanol–water partition coefficient (Wildman–Crippen LogP) is 2.06. The first-order valence-electron chi connectivity index (χ1n) is 6.85. The molecule has 0 bridgehead atoms. The number of sulfone groups is 1. The summed E-state index contributed by atoms with van der Waals surface area (Å²) in [6.45, 7) is 1.22. The van der Waals surface area contributed by atoms with E-state index in [0.717, 1.165) is 0 Å². The van der Waals surface area contributed by atoms with Gasteiger partial charge in [-0.1, -0.05) is 18.2 Å². The Hall–Kier alpha value is -1.69. The molecule has 1 saturated carbocycles. The number of carbonyl (C=O) groups is 2. The molecule has 2 atom stereocenters. The van der Waals surface area contributed by atoms with E-state index in [1.54, 1.807) is 18.2 Å². The maximum Gasteiger partial charge on any atom is 0.325 e. The lowest BCUT2D eigenvalue weighted by Crippen LogP contribution is -2.51. The van der Waals surface area contributed by atoms with Crippen LogP contribution >= 0.6 is 0 Å². The van der Waals surface area contributed by atoms with Crippen molar-refractivity contribution in [1.82, 2.24) is 0 Å². The summed E-state index contributed by atoms with van der Waals surface area (Å²) in [5.74, 6) is -2.16. The molecule has 1 aromatic carbocycles. The van der Waals surface area contributed by atoms with Crippen molar-refractivity contribution in [3.8, 4) is 0 Å². The molecular weight excluding hydrogens is 292 g/mol. The van der Waals surface area contributed by atoms with Gasteiger partial charge < -0.3 is 5.11 Å². The van der Waals surface area contributed by atoms with E-state index in [1.165, 1.54) is 19.1 Å². The molecule has 21 heavy (non-hydrogen) atoms. The quantitative estimate of drug-likeness (QED) is 0.919. The Morgan fingerprint density at radius 2 is 1.90 bits per heavy atom. The third-order valence-electron chi connectivity index (χ3n) is 4.30. The molecular formula is C15H18O5S. The molecule has 6 heteroatoms. The maximum atomic E-state index is 12.8. The molecule has 1 aliphatic rings. The molecule has 0 saturated heterocycles. The number of carboxylic acid groups (broad SMARTS) is 1. The molecule has 0 radical (unpaired) electrons. The summed E-state index contributed by atoms with van der Waals surface area (Å²) in [4.78, 5) is 23.4. The van der Waals surface area contributed by atoms with Gasteiger partial charge in [0.05, 0.1) is 4.90 Å². The number of carboxylic acids is 1. The Labute approximate surface area is 123 Å². The Bertz CT molecular complexity index is 650. The van der Waals surface area contributed by atoms with Crippen LogP contribution in [0.2, 0.25) is 0 Å². The lowest BCUT2D eigenvalue weighted by Gasteiger charge is -2.35. The molecule has 2 rings (SSSR count). The summed E-state index contributed by atoms with van der Waals surface area (Å²) in [6.07, 6.45) is 1.38. The van der Waals surface area contributed by atoms with Gasteiger partial charge in [0.15, 0.2) is 14.6 Å². The van der Waals surface area contributed by atoms with E-state index >= 15 is 0 Å². The van der Waals surface area contributed by atoms with Crippen molar-refractivity contribution in [2.45, 2.75) is 42.2 Å². The first-order chi connectivity index (χ1) is 9.80. The topological polar surface area (TPSA) is 88.5 Å². The van der Waals surface area contributed by atoms with E-state index in [0.29, 0.717) is 19.3 Å². The van der Waals surface area contributed by atoms with Gasteiger partial charge in [-0.15, -0.1) is 0 Å². The van der Waals surface area contributed by atoms with Crippen LogP contribution in [0.15, 0.2) is 35.2 Å². The first kappa shape index (κ1) is 15.7. The minimum Gasteiger partial charge on any atom is -0.480 e. The number of carbonyl (C=O) groups excluding carboxylic acids is 1. The highest BCUT2D eigenvalue weighted by Crippen LogP contribution is 2.39. The number of hydrogen-bond acceptors (Lipinski definition) is 4. The van der Waals surface area contributed by atoms with Crippen molar-refractivity contribution in [2.75, 3.05) is 0 Å². The lowest BCUT2D eigenvalue weighted by molar-refractivity contribution is -0.141. The van der Waals surface area contributed by atoms with Gasteiger partial charge in [-0.25, -0.2) is 8.42 Å². The van der Waals surface area contributed by atoms with Crippen molar-refractivity contribution in [1.29, 1.82) is 0 Å². The highest BCUT2D eigenvalue weighted by molar-refractivity contribution is 7.93. The van der Waals surface area contributed by atoms with Crippen molar-refractivity contribution in [3.05, 3.63) is 30.3 Å². The van der Waals surface area contributed by atoms with Crippen LogP contribution in [0.4, 0.5) is 0 Å². The smallest absolute Gasteiger partial charge is 0.325 e. The molecule has 0 aliphatic heterocycles. The summed E-state index contributed by atoms with van der Waals surface area (Å²) < 4.78 is 23.6. The molecule has 1 aromatic rings. The Morgan fingerprint density at radius 1 is 1.29 bits per heavy atom. The fourth-order valence-corrected chi connectivity index (χ4v) is 4.72. The first-order valence-corrected chi connectivity index (χ1v) is 8.33. The Morgan fingerprint density at radius 3 is 2.43 bits per heavy atom. The molecule has 0 heterocycles. The van der Waals surface area contributed by atoms with Gasteiger partial charge in [0.2, 0.25) is 0 Å². The third kappa shape index (κ3) is 2.60. The van der Waals surface area contributed by atoms with E-state index in [2.05, 4.69) is 0 Å². The number of hydrogen-bond donors (Lipinski definition) is 1. The van der Waals surface area contributed by atoms with Gasteiger partial charge in [0.25, 0.3) is 0 Å². The summed E-state index contributed by atoms with van der Waals surface area (Å²) >= 11 is 0. The number of benzene rings is 1. The molecule has 2 unspecified atom stereocenters. The van der Waals surface area contributed by atoms with E-state index in [9.17, 15) is 23.1 Å². The second-order valence-corrected chi connectivity index (χ2v) is 7.89. The predicted molar refractivity (Wildman–Crippen MR) is 76.6 cm³/mol. The number of ketones is 1. The summed E-state index contributed by atoms with van der Waals surface area (Å²) in [6, 6.07) is 7.56. The molecule has 0 amide bonds. The summed E-state index contributed by atoms with van der Waals surface area (Å²) in [5, 5.41) is 9.58. The molecule has 1 N–H and O–H groups in total. The Kier molecular flexibility index (Phi) is 4.18. The second kappa shape index (κ2) is 5.60. The maximum absolute atomic E-state index is 12.8. The average molecular weight is 310 g/mol.